The van der Waals surface area contributed by atoms with Gasteiger partial charge in [0.15, 0.2) is 18.2 Å². The minimum Gasteiger partial charge on any atom is -0.480 e. The van der Waals surface area contributed by atoms with Crippen LogP contribution in [-0.2, 0) is 11.3 Å². The smallest absolute Gasteiger partial charge is 0.263 e. The van der Waals surface area contributed by atoms with Crippen LogP contribution >= 0.6 is 0 Å². The first-order valence-corrected chi connectivity index (χ1v) is 5.62. The largest absolute Gasteiger partial charge is 0.480 e. The van der Waals surface area contributed by atoms with E-state index < -0.39 is 0 Å². The maximum Gasteiger partial charge on any atom is 0.263 e. The first-order chi connectivity index (χ1) is 7.94. The van der Waals surface area contributed by atoms with E-state index in [0.29, 0.717) is 18.1 Å². The fourth-order valence-corrected chi connectivity index (χ4v) is 1.46. The maximum atomic E-state index is 11.2. The topological polar surface area (TPSA) is 63.2 Å². The molecule has 0 spiro atoms. The van der Waals surface area contributed by atoms with Crippen molar-refractivity contribution in [1.29, 1.82) is 0 Å². The number of hydrogen-bond acceptors (Lipinski definition) is 4. The predicted octanol–water partition coefficient (Wildman–Crippen LogP) is 1.30. The fourth-order valence-electron chi connectivity index (χ4n) is 1.46. The summed E-state index contributed by atoms with van der Waals surface area (Å²) in [5, 5.41) is 6.03. The molecule has 0 saturated heterocycles. The number of rotatable bonds is 2. The zero-order chi connectivity index (χ0) is 12.5. The van der Waals surface area contributed by atoms with Crippen LogP contribution in [0, 0.1) is 0 Å². The second kappa shape index (κ2) is 4.33. The fraction of sp³-hybridized carbons (Fsp3) is 0.500. The standard InChI is InChI=1S/C12H17N3O2/c1-12(2,3)13-6-8-4-5-9-11(14-8)15-10(16)7-17-9/h4-5,13H,6-7H2,1-3H3,(H,14,15,16). The summed E-state index contributed by atoms with van der Waals surface area (Å²) in [6.45, 7) is 7.00. The van der Waals surface area contributed by atoms with Crippen molar-refractivity contribution in [2.24, 2.45) is 0 Å². The minimum absolute atomic E-state index is 0.0390. The van der Waals surface area contributed by atoms with Crippen LogP contribution in [0.3, 0.4) is 0 Å². The summed E-state index contributed by atoms with van der Waals surface area (Å²) in [5.41, 5.74) is 0.918. The van der Waals surface area contributed by atoms with Gasteiger partial charge in [0.25, 0.3) is 5.91 Å². The van der Waals surface area contributed by atoms with Gasteiger partial charge in [0.2, 0.25) is 0 Å². The molecule has 0 aliphatic carbocycles. The SMILES string of the molecule is CC(C)(C)NCc1ccc2c(n1)NC(=O)CO2. The molecule has 0 radical (unpaired) electrons. The number of nitrogens with one attached hydrogen (secondary N) is 2. The molecule has 1 aromatic rings. The van der Waals surface area contributed by atoms with Gasteiger partial charge in [0.05, 0.1) is 5.69 Å². The number of aromatic nitrogens is 1. The Morgan fingerprint density at radius 1 is 1.47 bits per heavy atom. The maximum absolute atomic E-state index is 11.2. The summed E-state index contributed by atoms with van der Waals surface area (Å²) in [6, 6.07) is 3.73. The first-order valence-electron chi connectivity index (χ1n) is 5.62. The Morgan fingerprint density at radius 3 is 2.94 bits per heavy atom. The molecule has 1 aromatic heterocycles. The van der Waals surface area contributed by atoms with Gasteiger partial charge < -0.3 is 15.4 Å². The van der Waals surface area contributed by atoms with Crippen molar-refractivity contribution >= 4 is 11.7 Å². The van der Waals surface area contributed by atoms with Crippen LogP contribution in [0.2, 0.25) is 0 Å². The molecule has 2 heterocycles. The van der Waals surface area contributed by atoms with Crippen LogP contribution in [0.4, 0.5) is 5.82 Å². The van der Waals surface area contributed by atoms with E-state index in [0.717, 1.165) is 5.69 Å². The highest BCUT2D eigenvalue weighted by atomic mass is 16.5. The molecule has 92 valence electrons. The molecule has 2 rings (SSSR count). The van der Waals surface area contributed by atoms with E-state index in [-0.39, 0.29) is 18.1 Å². The number of carbonyl (C=O) groups is 1. The Balaban J connectivity index is 2.10. The number of pyridine rings is 1. The highest BCUT2D eigenvalue weighted by Crippen LogP contribution is 2.25. The van der Waals surface area contributed by atoms with Gasteiger partial charge in [-0.15, -0.1) is 0 Å². The molecule has 0 bridgehead atoms. The molecule has 0 saturated carbocycles. The van der Waals surface area contributed by atoms with Gasteiger partial charge in [0, 0.05) is 12.1 Å². The van der Waals surface area contributed by atoms with Crippen LogP contribution < -0.4 is 15.4 Å². The van der Waals surface area contributed by atoms with Crippen LogP contribution in [0.15, 0.2) is 12.1 Å². The Bertz CT molecular complexity index is 438. The van der Waals surface area contributed by atoms with Gasteiger partial charge in [-0.3, -0.25) is 4.79 Å². The summed E-state index contributed by atoms with van der Waals surface area (Å²) in [6.07, 6.45) is 0. The van der Waals surface area contributed by atoms with E-state index in [1.54, 1.807) is 0 Å². The molecular weight excluding hydrogens is 218 g/mol. The Hall–Kier alpha value is -1.62. The van der Waals surface area contributed by atoms with Crippen molar-refractivity contribution in [2.75, 3.05) is 11.9 Å². The first kappa shape index (κ1) is 11.9. The molecule has 0 unspecified atom stereocenters. The zero-order valence-electron chi connectivity index (χ0n) is 10.3. The molecule has 5 nitrogen and oxygen atoms in total. The summed E-state index contributed by atoms with van der Waals surface area (Å²) in [5.74, 6) is 0.976. The van der Waals surface area contributed by atoms with Crippen LogP contribution in [0.1, 0.15) is 26.5 Å². The highest BCUT2D eigenvalue weighted by molar-refractivity contribution is 5.94. The number of nitrogens with zero attached hydrogens (tertiary/aromatic N) is 1. The molecule has 2 N–H and O–H groups in total. The number of amides is 1. The molecule has 17 heavy (non-hydrogen) atoms. The molecule has 5 heteroatoms. The van der Waals surface area contributed by atoms with Crippen LogP contribution in [0.25, 0.3) is 0 Å². The Kier molecular flexibility index (Phi) is 3.02. The lowest BCUT2D eigenvalue weighted by Gasteiger charge is -2.21. The minimum atomic E-state index is -0.161. The molecular formula is C12H17N3O2. The van der Waals surface area contributed by atoms with E-state index in [1.807, 2.05) is 12.1 Å². The van der Waals surface area contributed by atoms with Crippen LogP contribution in [0.5, 0.6) is 5.75 Å². The third kappa shape index (κ3) is 3.17. The van der Waals surface area contributed by atoms with Crippen molar-refractivity contribution in [3.8, 4) is 5.75 Å². The lowest BCUT2D eigenvalue weighted by molar-refractivity contribution is -0.118. The Morgan fingerprint density at radius 2 is 2.24 bits per heavy atom. The Labute approximate surface area is 101 Å². The van der Waals surface area contributed by atoms with Gasteiger partial charge in [-0.1, -0.05) is 0 Å². The number of fused-ring (bicyclic) bond motifs is 1. The molecule has 1 amide bonds. The van der Waals surface area contributed by atoms with Crippen molar-refractivity contribution in [3.63, 3.8) is 0 Å². The summed E-state index contributed by atoms with van der Waals surface area (Å²) in [7, 11) is 0. The van der Waals surface area contributed by atoms with Gasteiger partial charge >= 0.3 is 0 Å². The predicted molar refractivity (Wildman–Crippen MR) is 65.0 cm³/mol. The summed E-state index contributed by atoms with van der Waals surface area (Å²) < 4.78 is 5.24. The monoisotopic (exact) mass is 235 g/mol. The van der Waals surface area contributed by atoms with Crippen molar-refractivity contribution < 1.29 is 9.53 Å². The van der Waals surface area contributed by atoms with Crippen LogP contribution in [-0.4, -0.2) is 23.0 Å². The molecule has 0 atom stereocenters. The van der Waals surface area contributed by atoms with Gasteiger partial charge in [0.1, 0.15) is 0 Å². The summed E-state index contributed by atoms with van der Waals surface area (Å²) >= 11 is 0. The average Bonchev–Trinajstić information content (AvgIpc) is 2.24. The number of ether oxygens (including phenoxy) is 1. The third-order valence-corrected chi connectivity index (χ3v) is 2.33. The van der Waals surface area contributed by atoms with E-state index in [2.05, 4.69) is 36.4 Å². The van der Waals surface area contributed by atoms with Gasteiger partial charge in [-0.2, -0.15) is 0 Å². The quantitative estimate of drug-likeness (QED) is 0.811. The number of carbonyl (C=O) groups excluding carboxylic acids is 1. The van der Waals surface area contributed by atoms with E-state index in [9.17, 15) is 4.79 Å². The molecule has 0 aromatic carbocycles. The average molecular weight is 235 g/mol. The number of hydrogen-bond donors (Lipinski definition) is 2. The molecule has 1 aliphatic heterocycles. The van der Waals surface area contributed by atoms with Gasteiger partial charge in [-0.05, 0) is 32.9 Å². The molecule has 1 aliphatic rings. The van der Waals surface area contributed by atoms with Gasteiger partial charge in [-0.25, -0.2) is 4.98 Å². The third-order valence-electron chi connectivity index (χ3n) is 2.33. The van der Waals surface area contributed by atoms with Crippen molar-refractivity contribution in [2.45, 2.75) is 32.9 Å². The van der Waals surface area contributed by atoms with E-state index in [4.69, 9.17) is 4.74 Å². The lowest BCUT2D eigenvalue weighted by Crippen LogP contribution is -2.35. The second-order valence-corrected chi connectivity index (χ2v) is 5.09. The second-order valence-electron chi connectivity index (χ2n) is 5.09. The highest BCUT2D eigenvalue weighted by Gasteiger charge is 2.17. The van der Waals surface area contributed by atoms with E-state index >= 15 is 0 Å². The van der Waals surface area contributed by atoms with Crippen molar-refractivity contribution in [1.82, 2.24) is 10.3 Å². The number of anilines is 1. The normalized spacial score (nSPS) is 14.9. The zero-order valence-corrected chi connectivity index (χ0v) is 10.3. The van der Waals surface area contributed by atoms with Crippen molar-refractivity contribution in [3.05, 3.63) is 17.8 Å². The van der Waals surface area contributed by atoms with E-state index in [1.165, 1.54) is 0 Å². The summed E-state index contributed by atoms with van der Waals surface area (Å²) in [4.78, 5) is 15.5. The lowest BCUT2D eigenvalue weighted by atomic mass is 10.1. The molecule has 0 fully saturated rings.